The number of carbonyl (C=O) groups excluding carboxylic acids is 1. The Bertz CT molecular complexity index is 256. The highest BCUT2D eigenvalue weighted by molar-refractivity contribution is 5.84. The van der Waals surface area contributed by atoms with E-state index in [1.54, 1.807) is 0 Å². The van der Waals surface area contributed by atoms with Crippen molar-refractivity contribution in [3.8, 4) is 0 Å². The monoisotopic (exact) mass is 256 g/mol. The molecule has 1 heterocycles. The fourth-order valence-corrected chi connectivity index (χ4v) is 2.43. The number of nitrogens with one attached hydrogen (secondary N) is 1. The third-order valence-electron chi connectivity index (χ3n) is 3.35. The average Bonchev–Trinajstić information content (AvgIpc) is 2.61. The lowest BCUT2D eigenvalue weighted by molar-refractivity contribution is -0.130. The first-order valence-corrected chi connectivity index (χ1v) is 7.24. The molecule has 106 valence electrons. The Kier molecular flexibility index (Phi) is 6.65. The second-order valence-electron chi connectivity index (χ2n) is 5.35. The molecule has 0 aliphatic carbocycles. The Morgan fingerprint density at radius 1 is 1.39 bits per heavy atom. The van der Waals surface area contributed by atoms with Crippen LogP contribution < -0.4 is 5.32 Å². The number of hydrogen-bond acceptors (Lipinski definition) is 3. The second-order valence-corrected chi connectivity index (χ2v) is 5.35. The zero-order valence-electron chi connectivity index (χ0n) is 12.2. The molecule has 2 unspecified atom stereocenters. The minimum Gasteiger partial charge on any atom is -0.382 e. The van der Waals surface area contributed by atoms with Crippen LogP contribution in [0.25, 0.3) is 0 Å². The molecule has 1 aliphatic rings. The van der Waals surface area contributed by atoms with E-state index in [1.807, 2.05) is 11.8 Å². The van der Waals surface area contributed by atoms with Gasteiger partial charge in [-0.05, 0) is 32.1 Å². The smallest absolute Gasteiger partial charge is 0.241 e. The van der Waals surface area contributed by atoms with Crippen LogP contribution in [0.2, 0.25) is 0 Å². The molecule has 1 amide bonds. The largest absolute Gasteiger partial charge is 0.382 e. The molecule has 0 aromatic rings. The number of carbonyl (C=O) groups is 1. The molecule has 0 bridgehead atoms. The summed E-state index contributed by atoms with van der Waals surface area (Å²) in [5.41, 5.74) is 0. The lowest BCUT2D eigenvalue weighted by Gasteiger charge is -2.25. The van der Waals surface area contributed by atoms with Gasteiger partial charge in [0.2, 0.25) is 5.91 Å². The maximum Gasteiger partial charge on any atom is 0.241 e. The van der Waals surface area contributed by atoms with Gasteiger partial charge in [-0.25, -0.2) is 0 Å². The minimum atomic E-state index is 0.0147. The van der Waals surface area contributed by atoms with Crippen molar-refractivity contribution in [2.24, 2.45) is 5.92 Å². The Hall–Kier alpha value is -0.610. The van der Waals surface area contributed by atoms with E-state index in [0.29, 0.717) is 5.92 Å². The second kappa shape index (κ2) is 7.74. The molecule has 0 spiro atoms. The summed E-state index contributed by atoms with van der Waals surface area (Å²) >= 11 is 0. The lowest BCUT2D eigenvalue weighted by Crippen LogP contribution is -2.39. The fraction of sp³-hybridized carbons (Fsp3) is 0.929. The highest BCUT2D eigenvalue weighted by atomic mass is 16.5. The van der Waals surface area contributed by atoms with Crippen LogP contribution in [-0.4, -0.2) is 42.8 Å². The van der Waals surface area contributed by atoms with E-state index in [1.165, 1.54) is 0 Å². The van der Waals surface area contributed by atoms with E-state index in [-0.39, 0.29) is 18.1 Å². The molecular weight excluding hydrogens is 228 g/mol. The molecule has 4 heteroatoms. The molecule has 1 aliphatic heterocycles. The van der Waals surface area contributed by atoms with Crippen molar-refractivity contribution in [2.75, 3.05) is 19.8 Å². The quantitative estimate of drug-likeness (QED) is 0.675. The summed E-state index contributed by atoms with van der Waals surface area (Å²) in [6.07, 6.45) is 3.03. The topological polar surface area (TPSA) is 41.6 Å². The average molecular weight is 256 g/mol. The summed E-state index contributed by atoms with van der Waals surface area (Å²) in [6, 6.07) is 0.0147. The molecule has 2 atom stereocenters. The summed E-state index contributed by atoms with van der Waals surface area (Å²) in [6.45, 7) is 10.8. The van der Waals surface area contributed by atoms with Crippen molar-refractivity contribution >= 4 is 5.91 Å². The Morgan fingerprint density at radius 3 is 2.67 bits per heavy atom. The third-order valence-corrected chi connectivity index (χ3v) is 3.35. The van der Waals surface area contributed by atoms with Gasteiger partial charge in [0.25, 0.3) is 0 Å². The number of nitrogens with zero attached hydrogens (tertiary/aromatic N) is 1. The van der Waals surface area contributed by atoms with E-state index in [9.17, 15) is 4.79 Å². The zero-order valence-corrected chi connectivity index (χ0v) is 12.2. The predicted molar refractivity (Wildman–Crippen MR) is 73.3 cm³/mol. The number of amides is 1. The van der Waals surface area contributed by atoms with Crippen LogP contribution in [-0.2, 0) is 9.53 Å². The van der Waals surface area contributed by atoms with Crippen molar-refractivity contribution in [1.29, 1.82) is 0 Å². The Morgan fingerprint density at radius 2 is 2.11 bits per heavy atom. The normalized spacial score (nSPS) is 24.3. The SMILES string of the molecule is CCOCCCN1C(=O)C(CC)NC1CC(C)C. The van der Waals surface area contributed by atoms with Gasteiger partial charge in [-0.15, -0.1) is 0 Å². The Balaban J connectivity index is 2.49. The van der Waals surface area contributed by atoms with Gasteiger partial charge in [0.05, 0.1) is 12.2 Å². The molecule has 1 fully saturated rings. The van der Waals surface area contributed by atoms with Crippen LogP contribution in [0.15, 0.2) is 0 Å². The van der Waals surface area contributed by atoms with Gasteiger partial charge in [0, 0.05) is 19.8 Å². The van der Waals surface area contributed by atoms with Crippen molar-refractivity contribution in [1.82, 2.24) is 10.2 Å². The van der Waals surface area contributed by atoms with Gasteiger partial charge in [0.15, 0.2) is 0 Å². The van der Waals surface area contributed by atoms with E-state index < -0.39 is 0 Å². The maximum atomic E-state index is 12.2. The summed E-state index contributed by atoms with van der Waals surface area (Å²) in [5, 5.41) is 3.45. The zero-order chi connectivity index (χ0) is 13.5. The van der Waals surface area contributed by atoms with E-state index in [4.69, 9.17) is 4.74 Å². The number of hydrogen-bond donors (Lipinski definition) is 1. The van der Waals surface area contributed by atoms with E-state index in [2.05, 4.69) is 26.1 Å². The summed E-state index contributed by atoms with van der Waals surface area (Å²) in [7, 11) is 0. The fourth-order valence-electron chi connectivity index (χ4n) is 2.43. The number of ether oxygens (including phenoxy) is 1. The molecule has 0 radical (unpaired) electrons. The van der Waals surface area contributed by atoms with Crippen LogP contribution in [0, 0.1) is 5.92 Å². The molecular formula is C14H28N2O2. The summed E-state index contributed by atoms with van der Waals surface area (Å²) in [5.74, 6) is 0.861. The molecule has 4 nitrogen and oxygen atoms in total. The first-order chi connectivity index (χ1) is 8.60. The van der Waals surface area contributed by atoms with Crippen LogP contribution in [0.1, 0.15) is 47.0 Å². The molecule has 0 aromatic carbocycles. The van der Waals surface area contributed by atoms with E-state index >= 15 is 0 Å². The Labute approximate surface area is 111 Å². The van der Waals surface area contributed by atoms with Gasteiger partial charge in [-0.3, -0.25) is 10.1 Å². The molecule has 1 N–H and O–H groups in total. The van der Waals surface area contributed by atoms with Gasteiger partial charge in [-0.1, -0.05) is 20.8 Å². The molecule has 1 saturated heterocycles. The minimum absolute atomic E-state index is 0.0147. The first kappa shape index (κ1) is 15.4. The van der Waals surface area contributed by atoms with Gasteiger partial charge < -0.3 is 9.64 Å². The third kappa shape index (κ3) is 4.25. The molecule has 0 aromatic heterocycles. The van der Waals surface area contributed by atoms with Crippen molar-refractivity contribution in [3.63, 3.8) is 0 Å². The highest BCUT2D eigenvalue weighted by Crippen LogP contribution is 2.19. The van der Waals surface area contributed by atoms with Gasteiger partial charge in [0.1, 0.15) is 0 Å². The van der Waals surface area contributed by atoms with Crippen LogP contribution in [0.3, 0.4) is 0 Å². The van der Waals surface area contributed by atoms with Crippen LogP contribution >= 0.6 is 0 Å². The lowest BCUT2D eigenvalue weighted by atomic mass is 10.1. The van der Waals surface area contributed by atoms with Crippen molar-refractivity contribution < 1.29 is 9.53 Å². The van der Waals surface area contributed by atoms with Crippen molar-refractivity contribution in [3.05, 3.63) is 0 Å². The standard InChI is InChI=1S/C14H28N2O2/c1-5-12-14(17)16(8-7-9-18-6-2)13(15-12)10-11(3)4/h11-13,15H,5-10H2,1-4H3. The molecule has 1 rings (SSSR count). The number of rotatable bonds is 8. The predicted octanol–water partition coefficient (Wildman–Crippen LogP) is 2.00. The van der Waals surface area contributed by atoms with E-state index in [0.717, 1.165) is 39.0 Å². The van der Waals surface area contributed by atoms with Crippen LogP contribution in [0.5, 0.6) is 0 Å². The summed E-state index contributed by atoms with van der Waals surface area (Å²) in [4.78, 5) is 14.2. The summed E-state index contributed by atoms with van der Waals surface area (Å²) < 4.78 is 5.34. The van der Waals surface area contributed by atoms with Crippen molar-refractivity contribution in [2.45, 2.75) is 59.2 Å². The highest BCUT2D eigenvalue weighted by Gasteiger charge is 2.37. The van der Waals surface area contributed by atoms with Gasteiger partial charge >= 0.3 is 0 Å². The maximum absolute atomic E-state index is 12.2. The molecule has 0 saturated carbocycles. The van der Waals surface area contributed by atoms with Crippen LogP contribution in [0.4, 0.5) is 0 Å². The van der Waals surface area contributed by atoms with Gasteiger partial charge in [-0.2, -0.15) is 0 Å². The first-order valence-electron chi connectivity index (χ1n) is 7.24. The molecule has 18 heavy (non-hydrogen) atoms.